The van der Waals surface area contributed by atoms with Crippen LogP contribution in [0.5, 0.6) is 11.5 Å². The zero-order valence-electron chi connectivity index (χ0n) is 12.4. The van der Waals surface area contributed by atoms with Gasteiger partial charge in [0.15, 0.2) is 0 Å². The van der Waals surface area contributed by atoms with Crippen molar-refractivity contribution in [3.63, 3.8) is 0 Å². The Hall–Kier alpha value is -2.17. The molecule has 2 aromatic carbocycles. The van der Waals surface area contributed by atoms with Crippen molar-refractivity contribution in [2.45, 2.75) is 37.8 Å². The number of phenols is 2. The number of benzene rings is 2. The first kappa shape index (κ1) is 15.7. The van der Waals surface area contributed by atoms with Crippen LogP contribution in [0.15, 0.2) is 36.4 Å². The van der Waals surface area contributed by atoms with Crippen molar-refractivity contribution in [3.05, 3.63) is 58.7 Å². The van der Waals surface area contributed by atoms with Crippen LogP contribution in [0.25, 0.3) is 0 Å². The van der Waals surface area contributed by atoms with Gasteiger partial charge >= 0.3 is 6.18 Å². The van der Waals surface area contributed by atoms with Crippen molar-refractivity contribution in [1.29, 1.82) is 0 Å². The second-order valence-electron chi connectivity index (χ2n) is 6.01. The highest BCUT2D eigenvalue weighted by Crippen LogP contribution is 2.41. The monoisotopic (exact) mass is 322 g/mol. The molecule has 5 heteroatoms. The van der Waals surface area contributed by atoms with Gasteiger partial charge in [0.25, 0.3) is 0 Å². The van der Waals surface area contributed by atoms with Gasteiger partial charge in [0, 0.05) is 0 Å². The molecule has 2 N–H and O–H groups in total. The number of fused-ring (bicyclic) bond motifs is 1. The molecule has 23 heavy (non-hydrogen) atoms. The van der Waals surface area contributed by atoms with Crippen molar-refractivity contribution in [2.75, 3.05) is 0 Å². The van der Waals surface area contributed by atoms with Crippen molar-refractivity contribution in [3.8, 4) is 11.5 Å². The lowest BCUT2D eigenvalue weighted by atomic mass is 9.88. The minimum atomic E-state index is -4.48. The Morgan fingerprint density at radius 1 is 0.957 bits per heavy atom. The SMILES string of the molecule is Oc1ccc(C2CCCc3cc(O)cc(C(F)(F)F)c3C2)cc1. The predicted octanol–water partition coefficient (Wildman–Crippen LogP) is 4.78. The summed E-state index contributed by atoms with van der Waals surface area (Å²) in [7, 11) is 0. The van der Waals surface area contributed by atoms with Gasteiger partial charge in [0.1, 0.15) is 11.5 Å². The number of alkyl halides is 3. The number of hydrogen-bond donors (Lipinski definition) is 2. The number of aromatic hydroxyl groups is 2. The van der Waals surface area contributed by atoms with Crippen LogP contribution in [0.4, 0.5) is 13.2 Å². The highest BCUT2D eigenvalue weighted by atomic mass is 19.4. The van der Waals surface area contributed by atoms with Gasteiger partial charge in [-0.3, -0.25) is 0 Å². The first-order valence-electron chi connectivity index (χ1n) is 7.55. The average Bonchev–Trinajstić information content (AvgIpc) is 2.68. The number of aryl methyl sites for hydroxylation is 1. The molecular formula is C18H17F3O2. The quantitative estimate of drug-likeness (QED) is 0.742. The first-order valence-corrected chi connectivity index (χ1v) is 7.55. The van der Waals surface area contributed by atoms with Crippen LogP contribution in [0.2, 0.25) is 0 Å². The van der Waals surface area contributed by atoms with E-state index in [1.165, 1.54) is 6.07 Å². The van der Waals surface area contributed by atoms with Crippen molar-refractivity contribution < 1.29 is 23.4 Å². The summed E-state index contributed by atoms with van der Waals surface area (Å²) < 4.78 is 40.0. The Kier molecular flexibility index (Phi) is 3.96. The molecule has 1 aliphatic rings. The summed E-state index contributed by atoms with van der Waals surface area (Å²) in [4.78, 5) is 0. The van der Waals surface area contributed by atoms with Gasteiger partial charge in [-0.25, -0.2) is 0 Å². The summed E-state index contributed by atoms with van der Waals surface area (Å²) in [6, 6.07) is 8.91. The molecule has 0 bridgehead atoms. The molecule has 0 radical (unpaired) electrons. The van der Waals surface area contributed by atoms with Crippen molar-refractivity contribution >= 4 is 0 Å². The van der Waals surface area contributed by atoms with E-state index in [4.69, 9.17) is 0 Å². The van der Waals surface area contributed by atoms with E-state index in [9.17, 15) is 23.4 Å². The number of hydrogen-bond acceptors (Lipinski definition) is 2. The normalized spacial score (nSPS) is 18.3. The largest absolute Gasteiger partial charge is 0.508 e. The van der Waals surface area contributed by atoms with E-state index in [1.54, 1.807) is 24.3 Å². The molecule has 122 valence electrons. The fourth-order valence-corrected chi connectivity index (χ4v) is 3.35. The van der Waals surface area contributed by atoms with Gasteiger partial charge in [-0.1, -0.05) is 12.1 Å². The molecule has 0 saturated heterocycles. The van der Waals surface area contributed by atoms with Crippen molar-refractivity contribution in [2.24, 2.45) is 0 Å². The molecule has 2 aromatic rings. The third kappa shape index (κ3) is 3.28. The smallest absolute Gasteiger partial charge is 0.416 e. The Balaban J connectivity index is 2.03. The van der Waals surface area contributed by atoms with Gasteiger partial charge in [0.2, 0.25) is 0 Å². The zero-order valence-corrected chi connectivity index (χ0v) is 12.4. The summed E-state index contributed by atoms with van der Waals surface area (Å²) in [5, 5.41) is 19.0. The van der Waals surface area contributed by atoms with Gasteiger partial charge in [-0.2, -0.15) is 13.2 Å². The van der Waals surface area contributed by atoms with Crippen LogP contribution in [-0.4, -0.2) is 10.2 Å². The van der Waals surface area contributed by atoms with E-state index in [1.807, 2.05) is 0 Å². The van der Waals surface area contributed by atoms with Crippen molar-refractivity contribution in [1.82, 2.24) is 0 Å². The van der Waals surface area contributed by atoms with Crippen LogP contribution >= 0.6 is 0 Å². The highest BCUT2D eigenvalue weighted by molar-refractivity contribution is 5.45. The third-order valence-corrected chi connectivity index (χ3v) is 4.45. The van der Waals surface area contributed by atoms with E-state index in [0.717, 1.165) is 24.5 Å². The van der Waals surface area contributed by atoms with Crippen LogP contribution < -0.4 is 0 Å². The molecule has 3 rings (SSSR count). The fraction of sp³-hybridized carbons (Fsp3) is 0.333. The molecule has 2 nitrogen and oxygen atoms in total. The molecule has 1 unspecified atom stereocenters. The van der Waals surface area contributed by atoms with Crippen LogP contribution in [-0.2, 0) is 19.0 Å². The second kappa shape index (κ2) is 5.80. The van der Waals surface area contributed by atoms with Gasteiger partial charge in [-0.05, 0) is 72.6 Å². The summed E-state index contributed by atoms with van der Waals surface area (Å²) in [6.45, 7) is 0. The van der Waals surface area contributed by atoms with E-state index in [-0.39, 0.29) is 29.4 Å². The van der Waals surface area contributed by atoms with Crippen LogP contribution in [0.3, 0.4) is 0 Å². The number of rotatable bonds is 1. The Labute approximate surface area is 132 Å². The number of halogens is 3. The maximum Gasteiger partial charge on any atom is 0.416 e. The topological polar surface area (TPSA) is 40.5 Å². The van der Waals surface area contributed by atoms with E-state index in [0.29, 0.717) is 12.0 Å². The standard InChI is InChI=1S/C18H17F3O2/c19-18(20,21)17-10-15(23)8-13-3-1-2-12(9-16(13)17)11-4-6-14(22)7-5-11/h4-8,10,12,22-23H,1-3,9H2. The predicted molar refractivity (Wildman–Crippen MR) is 80.6 cm³/mol. The lowest BCUT2D eigenvalue weighted by Crippen LogP contribution is -2.12. The fourth-order valence-electron chi connectivity index (χ4n) is 3.35. The van der Waals surface area contributed by atoms with Crippen LogP contribution in [0.1, 0.15) is 41.0 Å². The first-order chi connectivity index (χ1) is 10.8. The molecule has 0 aliphatic heterocycles. The van der Waals surface area contributed by atoms with E-state index in [2.05, 4.69) is 0 Å². The maximum atomic E-state index is 13.3. The summed E-state index contributed by atoms with van der Waals surface area (Å²) in [5.41, 5.74) is 1.06. The lowest BCUT2D eigenvalue weighted by Gasteiger charge is -2.19. The molecule has 1 aliphatic carbocycles. The summed E-state index contributed by atoms with van der Waals surface area (Å²) in [6.07, 6.45) is -2.12. The Bertz CT molecular complexity index is 705. The molecule has 0 saturated carbocycles. The minimum Gasteiger partial charge on any atom is -0.508 e. The van der Waals surface area contributed by atoms with E-state index < -0.39 is 11.7 Å². The molecule has 0 fully saturated rings. The molecule has 0 amide bonds. The highest BCUT2D eigenvalue weighted by Gasteiger charge is 2.36. The second-order valence-corrected chi connectivity index (χ2v) is 6.01. The van der Waals surface area contributed by atoms with Gasteiger partial charge in [0.05, 0.1) is 5.56 Å². The molecular weight excluding hydrogens is 305 g/mol. The molecule has 0 aromatic heterocycles. The molecule has 1 atom stereocenters. The Morgan fingerprint density at radius 2 is 1.65 bits per heavy atom. The zero-order chi connectivity index (χ0) is 16.6. The number of phenolic OH excluding ortho intramolecular Hbond substituents is 2. The van der Waals surface area contributed by atoms with Gasteiger partial charge in [-0.15, -0.1) is 0 Å². The minimum absolute atomic E-state index is 0.0255. The maximum absolute atomic E-state index is 13.3. The summed E-state index contributed by atoms with van der Waals surface area (Å²) in [5.74, 6) is -0.217. The third-order valence-electron chi connectivity index (χ3n) is 4.45. The average molecular weight is 322 g/mol. The summed E-state index contributed by atoms with van der Waals surface area (Å²) >= 11 is 0. The Morgan fingerprint density at radius 3 is 2.30 bits per heavy atom. The molecule has 0 spiro atoms. The van der Waals surface area contributed by atoms with Gasteiger partial charge < -0.3 is 10.2 Å². The van der Waals surface area contributed by atoms with Crippen LogP contribution in [0, 0.1) is 0 Å². The van der Waals surface area contributed by atoms with E-state index >= 15 is 0 Å². The lowest BCUT2D eigenvalue weighted by molar-refractivity contribution is -0.138. The molecule has 0 heterocycles.